The Bertz CT molecular complexity index is 274. The first-order valence-corrected chi connectivity index (χ1v) is 4.68. The van der Waals surface area contributed by atoms with E-state index in [1.54, 1.807) is 0 Å². The average molecular weight is 428 g/mol. The van der Waals surface area contributed by atoms with E-state index in [1.807, 2.05) is 0 Å². The van der Waals surface area contributed by atoms with Crippen molar-refractivity contribution < 1.29 is 29.4 Å². The summed E-state index contributed by atoms with van der Waals surface area (Å²) in [6.07, 6.45) is 0. The molecule has 78 valence electrons. The first-order valence-electron chi connectivity index (χ1n) is 2.75. The van der Waals surface area contributed by atoms with E-state index in [4.69, 9.17) is 10.2 Å². The number of carboxylic acid groups (broad SMARTS) is 2. The molecule has 0 aliphatic rings. The van der Waals surface area contributed by atoms with E-state index in [-0.39, 0.29) is 0 Å². The van der Waals surface area contributed by atoms with Gasteiger partial charge in [0, 0.05) is 0 Å². The van der Waals surface area contributed by atoms with Gasteiger partial charge in [-0.3, -0.25) is 9.59 Å². The molecule has 0 aromatic heterocycles. The largest absolute Gasteiger partial charge is 0.474 e. The molecule has 10 heteroatoms. The fourth-order valence-corrected chi connectivity index (χ4v) is 1.12. The Hall–Kier alpha value is -0.660. The average Bonchev–Trinajstić information content (AvgIpc) is 2.12. The van der Waals surface area contributed by atoms with Crippen LogP contribution in [0.2, 0.25) is 0 Å². The van der Waals surface area contributed by atoms with Crippen molar-refractivity contribution in [1.82, 2.24) is 6.44 Å². The summed E-state index contributed by atoms with van der Waals surface area (Å²) in [5, 5.41) is 16.5. The van der Waals surface area contributed by atoms with Gasteiger partial charge >= 0.3 is 23.8 Å². The Morgan fingerprint density at radius 2 is 1.00 bits per heavy atom. The molecule has 0 saturated carbocycles. The summed E-state index contributed by atoms with van der Waals surface area (Å²) in [6.45, 7) is 0. The molecule has 0 heterocycles. The van der Waals surface area contributed by atoms with E-state index in [1.165, 1.54) is 45.7 Å². The molecule has 0 unspecified atom stereocenters. The van der Waals surface area contributed by atoms with E-state index in [2.05, 4.69) is 0 Å². The number of hydrazine groups is 1. The lowest BCUT2D eigenvalue weighted by Crippen LogP contribution is -2.42. The Morgan fingerprint density at radius 3 is 1.14 bits per heavy atom. The Kier molecular flexibility index (Phi) is 5.03. The lowest BCUT2D eigenvalue weighted by molar-refractivity contribution is -0.161. The Balaban J connectivity index is 4.62. The van der Waals surface area contributed by atoms with Crippen LogP contribution in [0, 0.1) is 0 Å². The summed E-state index contributed by atoms with van der Waals surface area (Å²) < 4.78 is 0.689. The number of carbonyl (C=O) groups excluding carboxylic acids is 2. The van der Waals surface area contributed by atoms with Crippen molar-refractivity contribution in [2.45, 2.75) is 0 Å². The summed E-state index contributed by atoms with van der Waals surface area (Å²) in [7, 11) is 0. The normalized spacial score (nSPS) is 9.00. The quantitative estimate of drug-likeness (QED) is 0.231. The van der Waals surface area contributed by atoms with Gasteiger partial charge in [-0.2, -0.15) is 6.44 Å². The number of amides is 2. The zero-order chi connectivity index (χ0) is 11.5. The van der Waals surface area contributed by atoms with Gasteiger partial charge < -0.3 is 10.2 Å². The smallest absolute Gasteiger partial charge is 0.397 e. The van der Waals surface area contributed by atoms with Crippen LogP contribution in [0.3, 0.4) is 0 Å². The van der Waals surface area contributed by atoms with Crippen molar-refractivity contribution in [3.8, 4) is 0 Å². The zero-order valence-corrected chi connectivity index (χ0v) is 10.5. The number of carbonyl (C=O) groups is 4. The first kappa shape index (κ1) is 13.3. The molecule has 0 rings (SSSR count). The molecule has 0 spiro atoms. The second kappa shape index (κ2) is 5.28. The SMILES string of the molecule is O=C(O)C(=O)N(I)N(I)C(=O)C(=O)O. The van der Waals surface area contributed by atoms with Gasteiger partial charge in [0.2, 0.25) is 0 Å². The number of aliphatic carboxylic acids is 2. The highest BCUT2D eigenvalue weighted by atomic mass is 127. The fourth-order valence-electron chi connectivity index (χ4n) is 0.317. The van der Waals surface area contributed by atoms with Gasteiger partial charge in [-0.25, -0.2) is 9.59 Å². The van der Waals surface area contributed by atoms with Crippen LogP contribution >= 0.6 is 45.7 Å². The molecule has 0 saturated heterocycles. The van der Waals surface area contributed by atoms with Gasteiger partial charge in [0.05, 0.1) is 45.7 Å². The number of halogens is 2. The van der Waals surface area contributed by atoms with Crippen molar-refractivity contribution in [2.24, 2.45) is 0 Å². The summed E-state index contributed by atoms with van der Waals surface area (Å²) >= 11 is 2.39. The third-order valence-corrected chi connectivity index (χ3v) is 3.42. The highest BCUT2D eigenvalue weighted by Crippen LogP contribution is 2.12. The minimum absolute atomic E-state index is 0.344. The number of hydrogen-bond donors (Lipinski definition) is 2. The van der Waals surface area contributed by atoms with Crippen molar-refractivity contribution in [1.29, 1.82) is 0 Å². The molecule has 0 fully saturated rings. The van der Waals surface area contributed by atoms with Crippen LogP contribution in [0.15, 0.2) is 0 Å². The van der Waals surface area contributed by atoms with E-state index in [0.717, 1.165) is 0 Å². The van der Waals surface area contributed by atoms with Crippen molar-refractivity contribution >= 4 is 69.5 Å². The van der Waals surface area contributed by atoms with Gasteiger partial charge in [0.1, 0.15) is 0 Å². The maximum Gasteiger partial charge on any atom is 0.397 e. The van der Waals surface area contributed by atoms with Gasteiger partial charge in [0.15, 0.2) is 0 Å². The number of hydrogen-bond acceptors (Lipinski definition) is 4. The van der Waals surface area contributed by atoms with Gasteiger partial charge in [-0.1, -0.05) is 0 Å². The van der Waals surface area contributed by atoms with Crippen LogP contribution in [0.25, 0.3) is 0 Å². The topological polar surface area (TPSA) is 115 Å². The maximum atomic E-state index is 10.7. The lowest BCUT2D eigenvalue weighted by Gasteiger charge is -2.19. The summed E-state index contributed by atoms with van der Waals surface area (Å²) in [4.78, 5) is 41.8. The number of nitrogens with zero attached hydrogens (tertiary/aromatic N) is 2. The van der Waals surface area contributed by atoms with Crippen LogP contribution in [-0.4, -0.2) is 40.4 Å². The van der Waals surface area contributed by atoms with Crippen LogP contribution in [-0.2, 0) is 19.2 Å². The maximum absolute atomic E-state index is 10.7. The third kappa shape index (κ3) is 3.24. The molecule has 14 heavy (non-hydrogen) atoms. The molecule has 0 aromatic rings. The van der Waals surface area contributed by atoms with Gasteiger partial charge in [-0.15, -0.1) is 0 Å². The van der Waals surface area contributed by atoms with Crippen molar-refractivity contribution in [3.63, 3.8) is 0 Å². The molecule has 0 bridgehead atoms. The molecular weight excluding hydrogens is 426 g/mol. The van der Waals surface area contributed by atoms with E-state index >= 15 is 0 Å². The second-order valence-corrected chi connectivity index (χ2v) is 3.57. The molecule has 2 N–H and O–H groups in total. The lowest BCUT2D eigenvalue weighted by atomic mass is 10.6. The molecule has 8 nitrogen and oxygen atoms in total. The van der Waals surface area contributed by atoms with Crippen LogP contribution in [0.4, 0.5) is 0 Å². The first-order chi connectivity index (χ1) is 6.29. The molecule has 0 atom stereocenters. The van der Waals surface area contributed by atoms with Crippen LogP contribution in [0.5, 0.6) is 0 Å². The van der Waals surface area contributed by atoms with Gasteiger partial charge in [0.25, 0.3) is 0 Å². The standard InChI is InChI=1S/C4H2I2N2O6/c5-7(1(9)3(11)12)8(6)2(10)4(13)14/h(H,11,12)(H,13,14). The van der Waals surface area contributed by atoms with Crippen LogP contribution < -0.4 is 0 Å². The highest BCUT2D eigenvalue weighted by Gasteiger charge is 2.30. The Labute approximate surface area is 105 Å². The zero-order valence-electron chi connectivity index (χ0n) is 6.18. The molecule has 2 amide bonds. The number of rotatable bonds is 0. The second-order valence-electron chi connectivity index (χ2n) is 1.74. The predicted molar refractivity (Wildman–Crippen MR) is 57.0 cm³/mol. The molecule has 0 aromatic carbocycles. The molecule has 0 aliphatic heterocycles. The van der Waals surface area contributed by atoms with Crippen molar-refractivity contribution in [2.75, 3.05) is 0 Å². The number of carboxylic acids is 2. The van der Waals surface area contributed by atoms with E-state index in [0.29, 0.717) is 6.44 Å². The van der Waals surface area contributed by atoms with Crippen molar-refractivity contribution in [3.05, 3.63) is 0 Å². The van der Waals surface area contributed by atoms with E-state index in [9.17, 15) is 19.2 Å². The summed E-state index contributed by atoms with van der Waals surface area (Å²) in [5.74, 6) is -6.43. The third-order valence-electron chi connectivity index (χ3n) is 0.855. The summed E-state index contributed by atoms with van der Waals surface area (Å²) in [5.41, 5.74) is 0. The minimum Gasteiger partial charge on any atom is -0.474 e. The van der Waals surface area contributed by atoms with Crippen LogP contribution in [0.1, 0.15) is 0 Å². The monoisotopic (exact) mass is 428 g/mol. The fraction of sp³-hybridized carbons (Fsp3) is 0. The molecular formula is C4H2I2N2O6. The predicted octanol–water partition coefficient (Wildman–Crippen LogP) is -0.572. The molecule has 0 radical (unpaired) electrons. The Morgan fingerprint density at radius 1 is 0.786 bits per heavy atom. The molecule has 0 aliphatic carbocycles. The summed E-state index contributed by atoms with van der Waals surface area (Å²) in [6, 6.07) is 0. The van der Waals surface area contributed by atoms with Gasteiger partial charge in [-0.05, 0) is 0 Å². The van der Waals surface area contributed by atoms with E-state index < -0.39 is 23.8 Å². The minimum atomic E-state index is -1.79. The highest BCUT2D eigenvalue weighted by molar-refractivity contribution is 14.1.